The first-order valence-electron chi connectivity index (χ1n) is 7.48. The third-order valence-electron chi connectivity index (χ3n) is 4.01. The van der Waals surface area contributed by atoms with Crippen LogP contribution in [0.1, 0.15) is 24.1 Å². The highest BCUT2D eigenvalue weighted by Gasteiger charge is 2.20. The van der Waals surface area contributed by atoms with Crippen LogP contribution in [0.4, 0.5) is 0 Å². The first-order chi connectivity index (χ1) is 11.2. The van der Waals surface area contributed by atoms with Gasteiger partial charge >= 0.3 is 0 Å². The number of fused-ring (bicyclic) bond motifs is 1. The van der Waals surface area contributed by atoms with Crippen molar-refractivity contribution in [3.63, 3.8) is 0 Å². The van der Waals surface area contributed by atoms with Crippen LogP contribution in [0.25, 0.3) is 6.08 Å². The molecule has 2 heterocycles. The van der Waals surface area contributed by atoms with Crippen molar-refractivity contribution in [3.8, 4) is 5.75 Å². The number of amides is 1. The van der Waals surface area contributed by atoms with Gasteiger partial charge in [0.1, 0.15) is 5.75 Å². The Bertz CT molecular complexity index is 766. The summed E-state index contributed by atoms with van der Waals surface area (Å²) in [6, 6.07) is 11.4. The Morgan fingerprint density at radius 2 is 1.91 bits per heavy atom. The molecule has 0 N–H and O–H groups in total. The summed E-state index contributed by atoms with van der Waals surface area (Å²) >= 11 is 0. The molecule has 0 saturated carbocycles. The second-order valence-electron chi connectivity index (χ2n) is 5.43. The van der Waals surface area contributed by atoms with E-state index in [1.807, 2.05) is 49.4 Å². The lowest BCUT2D eigenvalue weighted by Crippen LogP contribution is -2.30. The highest BCUT2D eigenvalue weighted by molar-refractivity contribution is 6.01. The minimum Gasteiger partial charge on any atom is -0.464 e. The van der Waals surface area contributed by atoms with Crippen LogP contribution in [-0.2, 0) is 4.79 Å². The fourth-order valence-electron chi connectivity index (χ4n) is 2.48. The first kappa shape index (κ1) is 15.0. The third-order valence-corrected chi connectivity index (χ3v) is 4.01. The highest BCUT2D eigenvalue weighted by Crippen LogP contribution is 2.26. The van der Waals surface area contributed by atoms with Crippen molar-refractivity contribution >= 4 is 12.0 Å². The van der Waals surface area contributed by atoms with Gasteiger partial charge in [-0.15, -0.1) is 0 Å². The van der Waals surface area contributed by atoms with Crippen molar-refractivity contribution in [3.05, 3.63) is 77.8 Å². The van der Waals surface area contributed by atoms with Gasteiger partial charge in [-0.3, -0.25) is 9.78 Å². The van der Waals surface area contributed by atoms with Crippen LogP contribution in [-0.4, -0.2) is 22.8 Å². The summed E-state index contributed by atoms with van der Waals surface area (Å²) in [6.07, 6.45) is 8.59. The molecular formula is C19H18N2O2. The molecule has 0 aliphatic carbocycles. The van der Waals surface area contributed by atoms with Gasteiger partial charge in [-0.05, 0) is 42.8 Å². The van der Waals surface area contributed by atoms with Gasteiger partial charge in [0.25, 0.3) is 5.91 Å². The van der Waals surface area contributed by atoms with E-state index in [2.05, 4.69) is 4.98 Å². The van der Waals surface area contributed by atoms with Crippen LogP contribution in [0.5, 0.6) is 5.75 Å². The molecule has 0 radical (unpaired) electrons. The molecule has 1 aromatic heterocycles. The van der Waals surface area contributed by atoms with Crippen LogP contribution >= 0.6 is 0 Å². The van der Waals surface area contributed by atoms with E-state index >= 15 is 0 Å². The monoisotopic (exact) mass is 306 g/mol. The first-order valence-corrected chi connectivity index (χ1v) is 7.48. The van der Waals surface area contributed by atoms with Crippen molar-refractivity contribution < 1.29 is 9.53 Å². The molecule has 1 amide bonds. The molecule has 0 saturated heterocycles. The average molecular weight is 306 g/mol. The minimum absolute atomic E-state index is 0.0424. The number of pyridine rings is 1. The number of hydrogen-bond acceptors (Lipinski definition) is 3. The fraction of sp³-hybridized carbons (Fsp3) is 0.158. The zero-order valence-electron chi connectivity index (χ0n) is 13.1. The number of para-hydroxylation sites is 1. The predicted octanol–water partition coefficient (Wildman–Crippen LogP) is 3.59. The number of likely N-dealkylation sites (N-methyl/N-ethyl adjacent to an activating group) is 1. The second-order valence-corrected chi connectivity index (χ2v) is 5.43. The maximum absolute atomic E-state index is 12.8. The smallest absolute Gasteiger partial charge is 0.254 e. The van der Waals surface area contributed by atoms with Crippen LogP contribution in [0, 0.1) is 0 Å². The molecule has 4 heteroatoms. The van der Waals surface area contributed by atoms with E-state index in [0.717, 1.165) is 16.9 Å². The van der Waals surface area contributed by atoms with E-state index in [1.54, 1.807) is 36.7 Å². The van der Waals surface area contributed by atoms with Gasteiger partial charge in [0.15, 0.2) is 0 Å². The normalized spacial score (nSPS) is 14.1. The van der Waals surface area contributed by atoms with E-state index < -0.39 is 0 Å². The molecule has 3 rings (SSSR count). The molecule has 1 aliphatic heterocycles. The maximum Gasteiger partial charge on any atom is 0.254 e. The van der Waals surface area contributed by atoms with Gasteiger partial charge in [0.2, 0.25) is 0 Å². The predicted molar refractivity (Wildman–Crippen MR) is 89.6 cm³/mol. The summed E-state index contributed by atoms with van der Waals surface area (Å²) in [5.41, 5.74) is 2.54. The van der Waals surface area contributed by atoms with Gasteiger partial charge in [-0.25, -0.2) is 0 Å². The van der Waals surface area contributed by atoms with E-state index in [0.29, 0.717) is 5.57 Å². The summed E-state index contributed by atoms with van der Waals surface area (Å²) in [5, 5.41) is 0. The van der Waals surface area contributed by atoms with E-state index in [-0.39, 0.29) is 11.9 Å². The number of ether oxygens (including phenoxy) is 1. The summed E-state index contributed by atoms with van der Waals surface area (Å²) in [5.74, 6) is 0.697. The topological polar surface area (TPSA) is 42.4 Å². The quantitative estimate of drug-likeness (QED) is 0.870. The number of rotatable bonds is 3. The molecular weight excluding hydrogens is 288 g/mol. The van der Waals surface area contributed by atoms with Gasteiger partial charge in [-0.1, -0.05) is 18.2 Å². The van der Waals surface area contributed by atoms with Crippen molar-refractivity contribution in [2.24, 2.45) is 0 Å². The molecule has 1 aliphatic rings. The van der Waals surface area contributed by atoms with Crippen molar-refractivity contribution in [2.75, 3.05) is 7.05 Å². The molecule has 116 valence electrons. The number of aromatic nitrogens is 1. The number of nitrogens with zero attached hydrogens (tertiary/aromatic N) is 2. The zero-order valence-corrected chi connectivity index (χ0v) is 13.1. The van der Waals surface area contributed by atoms with Gasteiger partial charge in [-0.2, -0.15) is 0 Å². The number of hydrogen-bond donors (Lipinski definition) is 0. The fourth-order valence-corrected chi connectivity index (χ4v) is 2.48. The molecule has 1 aromatic carbocycles. The Kier molecular flexibility index (Phi) is 4.24. The average Bonchev–Trinajstić information content (AvgIpc) is 2.83. The molecule has 0 bridgehead atoms. The summed E-state index contributed by atoms with van der Waals surface area (Å²) in [4.78, 5) is 18.5. The Hall–Kier alpha value is -2.88. The van der Waals surface area contributed by atoms with Gasteiger partial charge in [0.05, 0.1) is 12.3 Å². The van der Waals surface area contributed by atoms with E-state index in [4.69, 9.17) is 4.74 Å². The molecule has 0 unspecified atom stereocenters. The summed E-state index contributed by atoms with van der Waals surface area (Å²) in [7, 11) is 1.81. The third kappa shape index (κ3) is 3.16. The number of carbonyl (C=O) groups excluding carboxylic acids is 1. The van der Waals surface area contributed by atoms with Crippen LogP contribution in [0.3, 0.4) is 0 Å². The van der Waals surface area contributed by atoms with E-state index in [9.17, 15) is 4.79 Å². The van der Waals surface area contributed by atoms with Gasteiger partial charge < -0.3 is 9.64 Å². The molecule has 2 aromatic rings. The zero-order chi connectivity index (χ0) is 16.2. The molecule has 4 nitrogen and oxygen atoms in total. The number of carbonyl (C=O) groups is 1. The Morgan fingerprint density at radius 3 is 2.70 bits per heavy atom. The molecule has 1 atom stereocenters. The standard InChI is InChI=1S/C19H18N2O2/c1-14(15-7-10-20-11-8-15)21(2)19(22)17-9-12-23-18-6-4-3-5-16(18)13-17/h3-14H,1-2H3/t14-/m1/s1. The Morgan fingerprint density at radius 1 is 1.17 bits per heavy atom. The van der Waals surface area contributed by atoms with E-state index in [1.165, 1.54) is 0 Å². The molecule has 0 fully saturated rings. The van der Waals surface area contributed by atoms with Crippen LogP contribution in [0.15, 0.2) is 66.7 Å². The lowest BCUT2D eigenvalue weighted by molar-refractivity contribution is -0.127. The Balaban J connectivity index is 1.86. The van der Waals surface area contributed by atoms with Gasteiger partial charge in [0, 0.05) is 30.6 Å². The molecule has 23 heavy (non-hydrogen) atoms. The summed E-state index contributed by atoms with van der Waals surface area (Å²) < 4.78 is 5.54. The van der Waals surface area contributed by atoms with Crippen molar-refractivity contribution in [2.45, 2.75) is 13.0 Å². The lowest BCUT2D eigenvalue weighted by atomic mass is 10.1. The molecule has 0 spiro atoms. The SMILES string of the molecule is C[C@H](c1ccncc1)N(C)C(=O)C1=Cc2ccccc2OC=C1. The second kappa shape index (κ2) is 6.48. The Labute approximate surface area is 135 Å². The summed E-state index contributed by atoms with van der Waals surface area (Å²) in [6.45, 7) is 2.00. The highest BCUT2D eigenvalue weighted by atomic mass is 16.5. The lowest BCUT2D eigenvalue weighted by Gasteiger charge is -2.25. The minimum atomic E-state index is -0.0501. The van der Waals surface area contributed by atoms with Crippen LogP contribution < -0.4 is 4.74 Å². The van der Waals surface area contributed by atoms with Crippen molar-refractivity contribution in [1.82, 2.24) is 9.88 Å². The number of benzene rings is 1. The van der Waals surface area contributed by atoms with Crippen LogP contribution in [0.2, 0.25) is 0 Å². The maximum atomic E-state index is 12.8. The van der Waals surface area contributed by atoms with Crippen molar-refractivity contribution in [1.29, 1.82) is 0 Å². The largest absolute Gasteiger partial charge is 0.464 e.